The molecule has 0 amide bonds. The molecule has 2 saturated carbocycles. The molecule has 2 aliphatic rings. The van der Waals surface area contributed by atoms with Crippen molar-refractivity contribution in [3.63, 3.8) is 0 Å². The molecule has 0 bridgehead atoms. The molecule has 2 fully saturated rings. The summed E-state index contributed by atoms with van der Waals surface area (Å²) in [6, 6.07) is 3.86. The highest BCUT2D eigenvalue weighted by atomic mass is 35.5. The number of hydrogen-bond acceptors (Lipinski definition) is 3. The Hall–Kier alpha value is -0.640. The maximum Gasteiger partial charge on any atom is 0.152 e. The largest absolute Gasteiger partial charge is 0.505 e. The molecule has 1 spiro atoms. The lowest BCUT2D eigenvalue weighted by atomic mass is 9.51. The van der Waals surface area contributed by atoms with Crippen molar-refractivity contribution in [2.45, 2.75) is 44.8 Å². The zero-order valence-electron chi connectivity index (χ0n) is 11.5. The van der Waals surface area contributed by atoms with Crippen LogP contribution in [-0.2, 0) is 4.74 Å². The molecule has 1 aromatic carbocycles. The normalized spacial score (nSPS) is 26.9. The summed E-state index contributed by atoms with van der Waals surface area (Å²) >= 11 is 11.9. The summed E-state index contributed by atoms with van der Waals surface area (Å²) in [5.74, 6) is -0.0574. The van der Waals surface area contributed by atoms with Crippen LogP contribution >= 0.6 is 23.2 Å². The van der Waals surface area contributed by atoms with Gasteiger partial charge in [-0.15, -0.1) is 0 Å². The maximum absolute atomic E-state index is 9.60. The number of rotatable bonds is 4. The number of benzene rings is 1. The van der Waals surface area contributed by atoms with E-state index in [1.165, 1.54) is 19.3 Å². The summed E-state index contributed by atoms with van der Waals surface area (Å²) in [6.07, 6.45) is 5.11. The Morgan fingerprint density at radius 1 is 1.35 bits per heavy atom. The number of aromatic hydroxyl groups is 1. The molecule has 3 rings (SSSR count). The number of phenolic OH excluding ortho intramolecular Hbond substituents is 1. The Kier molecular flexibility index (Phi) is 3.78. The Bertz CT molecular complexity index is 494. The van der Waals surface area contributed by atoms with Gasteiger partial charge < -0.3 is 15.2 Å². The standard InChI is InChI=1S/C15H19Cl2NO2/c1-2-20-13-8-12(15(13)4-3-5-15)18-9-6-10(16)14(19)11(17)7-9/h6-7,12-13,18-19H,2-5,8H2,1H3. The summed E-state index contributed by atoms with van der Waals surface area (Å²) in [7, 11) is 0. The van der Waals surface area contributed by atoms with Gasteiger partial charge in [-0.05, 0) is 38.3 Å². The van der Waals surface area contributed by atoms with Crippen molar-refractivity contribution in [1.82, 2.24) is 0 Å². The van der Waals surface area contributed by atoms with Crippen LogP contribution in [0.1, 0.15) is 32.6 Å². The van der Waals surface area contributed by atoms with Gasteiger partial charge in [0.05, 0.1) is 16.1 Å². The van der Waals surface area contributed by atoms with Gasteiger partial charge in [0.15, 0.2) is 5.75 Å². The Morgan fingerprint density at radius 2 is 2.00 bits per heavy atom. The molecule has 0 aromatic heterocycles. The fraction of sp³-hybridized carbons (Fsp3) is 0.600. The minimum Gasteiger partial charge on any atom is -0.505 e. The molecule has 3 nitrogen and oxygen atoms in total. The highest BCUT2D eigenvalue weighted by Gasteiger charge is 2.58. The molecule has 0 heterocycles. The van der Waals surface area contributed by atoms with Gasteiger partial charge in [0.2, 0.25) is 0 Å². The van der Waals surface area contributed by atoms with Crippen LogP contribution in [-0.4, -0.2) is 23.9 Å². The quantitative estimate of drug-likeness (QED) is 0.806. The number of phenols is 1. The second-order valence-electron chi connectivity index (χ2n) is 5.75. The third-order valence-electron chi connectivity index (χ3n) is 4.80. The number of anilines is 1. The number of ether oxygens (including phenoxy) is 1. The predicted octanol–water partition coefficient (Wildman–Crippen LogP) is 4.46. The van der Waals surface area contributed by atoms with Gasteiger partial charge in [-0.3, -0.25) is 0 Å². The molecule has 110 valence electrons. The minimum atomic E-state index is -0.0574. The Balaban J connectivity index is 1.73. The van der Waals surface area contributed by atoms with Crippen molar-refractivity contribution in [3.8, 4) is 5.75 Å². The van der Waals surface area contributed by atoms with Gasteiger partial charge in [0, 0.05) is 23.8 Å². The summed E-state index contributed by atoms with van der Waals surface area (Å²) in [4.78, 5) is 0. The van der Waals surface area contributed by atoms with E-state index in [0.717, 1.165) is 18.7 Å². The predicted molar refractivity (Wildman–Crippen MR) is 81.9 cm³/mol. The van der Waals surface area contributed by atoms with E-state index in [0.29, 0.717) is 12.1 Å². The lowest BCUT2D eigenvalue weighted by molar-refractivity contribution is -0.157. The summed E-state index contributed by atoms with van der Waals surface area (Å²) in [5, 5.41) is 13.7. The summed E-state index contributed by atoms with van der Waals surface area (Å²) < 4.78 is 5.84. The van der Waals surface area contributed by atoms with E-state index in [4.69, 9.17) is 27.9 Å². The van der Waals surface area contributed by atoms with Crippen molar-refractivity contribution >= 4 is 28.9 Å². The van der Waals surface area contributed by atoms with Crippen LogP contribution in [0.4, 0.5) is 5.69 Å². The molecule has 1 aromatic rings. The van der Waals surface area contributed by atoms with Gasteiger partial charge in [-0.1, -0.05) is 29.6 Å². The average Bonchev–Trinajstić information content (AvgIpc) is 2.32. The fourth-order valence-electron chi connectivity index (χ4n) is 3.49. The molecular formula is C15H19Cl2NO2. The molecule has 0 saturated heterocycles. The van der Waals surface area contributed by atoms with Crippen molar-refractivity contribution in [3.05, 3.63) is 22.2 Å². The van der Waals surface area contributed by atoms with Crippen LogP contribution in [0.25, 0.3) is 0 Å². The van der Waals surface area contributed by atoms with E-state index in [1.807, 2.05) is 6.92 Å². The van der Waals surface area contributed by atoms with Crippen LogP contribution in [0.5, 0.6) is 5.75 Å². The van der Waals surface area contributed by atoms with E-state index < -0.39 is 0 Å². The molecule has 0 radical (unpaired) electrons. The van der Waals surface area contributed by atoms with Gasteiger partial charge in [-0.25, -0.2) is 0 Å². The van der Waals surface area contributed by atoms with E-state index in [9.17, 15) is 5.11 Å². The topological polar surface area (TPSA) is 41.5 Å². The molecule has 5 heteroatoms. The fourth-order valence-corrected chi connectivity index (χ4v) is 3.98. The zero-order valence-corrected chi connectivity index (χ0v) is 13.0. The lowest BCUT2D eigenvalue weighted by Crippen LogP contribution is -2.64. The second-order valence-corrected chi connectivity index (χ2v) is 6.57. The van der Waals surface area contributed by atoms with Crippen molar-refractivity contribution < 1.29 is 9.84 Å². The first-order valence-corrected chi connectivity index (χ1v) is 7.88. The van der Waals surface area contributed by atoms with E-state index in [2.05, 4.69) is 5.32 Å². The highest BCUT2D eigenvalue weighted by molar-refractivity contribution is 6.37. The third kappa shape index (κ3) is 2.16. The molecule has 2 aliphatic carbocycles. The lowest BCUT2D eigenvalue weighted by Gasteiger charge is -2.61. The molecule has 20 heavy (non-hydrogen) atoms. The molecule has 0 aliphatic heterocycles. The summed E-state index contributed by atoms with van der Waals surface area (Å²) in [5.41, 5.74) is 1.15. The first-order chi connectivity index (χ1) is 9.56. The minimum absolute atomic E-state index is 0.0574. The maximum atomic E-state index is 9.60. The zero-order chi connectivity index (χ0) is 14.3. The number of nitrogens with one attached hydrogen (secondary N) is 1. The first-order valence-electron chi connectivity index (χ1n) is 7.13. The number of hydrogen-bond donors (Lipinski definition) is 2. The van der Waals surface area contributed by atoms with E-state index in [1.54, 1.807) is 12.1 Å². The highest BCUT2D eigenvalue weighted by Crippen LogP contribution is 2.58. The van der Waals surface area contributed by atoms with Crippen LogP contribution in [0, 0.1) is 5.41 Å². The van der Waals surface area contributed by atoms with Crippen LogP contribution < -0.4 is 5.32 Å². The molecule has 2 N–H and O–H groups in total. The SMILES string of the molecule is CCOC1CC(Nc2cc(Cl)c(O)c(Cl)c2)C12CCC2. The second kappa shape index (κ2) is 5.28. The monoisotopic (exact) mass is 315 g/mol. The van der Waals surface area contributed by atoms with Gasteiger partial charge >= 0.3 is 0 Å². The summed E-state index contributed by atoms with van der Waals surface area (Å²) in [6.45, 7) is 2.82. The van der Waals surface area contributed by atoms with E-state index >= 15 is 0 Å². The van der Waals surface area contributed by atoms with Crippen LogP contribution in [0.15, 0.2) is 12.1 Å². The Morgan fingerprint density at radius 3 is 2.50 bits per heavy atom. The molecule has 2 unspecified atom stereocenters. The van der Waals surface area contributed by atoms with Crippen LogP contribution in [0.3, 0.4) is 0 Å². The molecular weight excluding hydrogens is 297 g/mol. The third-order valence-corrected chi connectivity index (χ3v) is 5.37. The number of halogens is 2. The first kappa shape index (κ1) is 14.3. The van der Waals surface area contributed by atoms with Crippen molar-refractivity contribution in [2.24, 2.45) is 5.41 Å². The average molecular weight is 316 g/mol. The van der Waals surface area contributed by atoms with Gasteiger partial charge in [0.25, 0.3) is 0 Å². The van der Waals surface area contributed by atoms with Crippen molar-refractivity contribution in [2.75, 3.05) is 11.9 Å². The van der Waals surface area contributed by atoms with E-state index in [-0.39, 0.29) is 21.2 Å². The smallest absolute Gasteiger partial charge is 0.152 e. The molecule has 2 atom stereocenters. The van der Waals surface area contributed by atoms with Gasteiger partial charge in [0.1, 0.15) is 0 Å². The van der Waals surface area contributed by atoms with Gasteiger partial charge in [-0.2, -0.15) is 0 Å². The van der Waals surface area contributed by atoms with Crippen molar-refractivity contribution in [1.29, 1.82) is 0 Å². The van der Waals surface area contributed by atoms with Crippen LogP contribution in [0.2, 0.25) is 10.0 Å². The Labute approximate surface area is 129 Å².